The molecule has 3 nitrogen and oxygen atoms in total. The van der Waals surface area contributed by atoms with E-state index in [1.165, 1.54) is 6.92 Å². The van der Waals surface area contributed by atoms with Crippen molar-refractivity contribution in [2.75, 3.05) is 13.2 Å². The highest BCUT2D eigenvalue weighted by molar-refractivity contribution is 6.71. The van der Waals surface area contributed by atoms with E-state index in [0.717, 1.165) is 19.1 Å². The van der Waals surface area contributed by atoms with Gasteiger partial charge in [0.05, 0.1) is 6.61 Å². The minimum Gasteiger partial charge on any atom is -0.466 e. The van der Waals surface area contributed by atoms with Gasteiger partial charge in [-0.1, -0.05) is 0 Å². The Bertz CT molecular complexity index is 157. The van der Waals surface area contributed by atoms with E-state index in [2.05, 4.69) is 13.1 Å². The number of hydrogen-bond donors (Lipinski definition) is 0. The molecule has 0 aromatic carbocycles. The van der Waals surface area contributed by atoms with Gasteiger partial charge in [-0.05, 0) is 32.5 Å². The third-order valence-corrected chi connectivity index (χ3v) is 4.39. The highest BCUT2D eigenvalue weighted by Crippen LogP contribution is 2.13. The first kappa shape index (κ1) is 12.6. The standard InChI is InChI=1S/C9H20O3Si/c1-5-12-13(3,4)8-6-7-11-9(2)10/h5-8H2,1-4H3. The summed E-state index contributed by atoms with van der Waals surface area (Å²) in [6.45, 7) is 9.13. The molecule has 0 radical (unpaired) electrons. The van der Waals surface area contributed by atoms with Gasteiger partial charge in [0.15, 0.2) is 8.32 Å². The van der Waals surface area contributed by atoms with Gasteiger partial charge in [-0.2, -0.15) is 0 Å². The maximum Gasteiger partial charge on any atom is 0.302 e. The van der Waals surface area contributed by atoms with Crippen LogP contribution in [0.2, 0.25) is 19.1 Å². The predicted molar refractivity (Wildman–Crippen MR) is 55.2 cm³/mol. The van der Waals surface area contributed by atoms with Crippen molar-refractivity contribution >= 4 is 14.3 Å². The van der Waals surface area contributed by atoms with Crippen LogP contribution in [0, 0.1) is 0 Å². The number of rotatable bonds is 6. The van der Waals surface area contributed by atoms with Gasteiger partial charge in [-0.15, -0.1) is 0 Å². The van der Waals surface area contributed by atoms with Crippen LogP contribution in [0.25, 0.3) is 0 Å². The molecular formula is C9H20O3Si. The zero-order chi connectivity index (χ0) is 10.3. The fourth-order valence-electron chi connectivity index (χ4n) is 1.18. The number of hydrogen-bond acceptors (Lipinski definition) is 3. The average Bonchev–Trinajstić information content (AvgIpc) is 1.98. The molecule has 4 heteroatoms. The predicted octanol–water partition coefficient (Wildman–Crippen LogP) is 2.18. The molecule has 0 spiro atoms. The van der Waals surface area contributed by atoms with Gasteiger partial charge < -0.3 is 9.16 Å². The molecule has 0 aromatic heterocycles. The Morgan fingerprint density at radius 1 is 1.38 bits per heavy atom. The van der Waals surface area contributed by atoms with Gasteiger partial charge in [0.1, 0.15) is 0 Å². The van der Waals surface area contributed by atoms with Crippen LogP contribution in [-0.2, 0) is 14.0 Å². The van der Waals surface area contributed by atoms with Crippen LogP contribution in [0.1, 0.15) is 20.3 Å². The van der Waals surface area contributed by atoms with Gasteiger partial charge in [0.25, 0.3) is 0 Å². The first-order valence-corrected chi connectivity index (χ1v) is 7.87. The number of esters is 1. The summed E-state index contributed by atoms with van der Waals surface area (Å²) < 4.78 is 10.5. The summed E-state index contributed by atoms with van der Waals surface area (Å²) in [5.41, 5.74) is 0. The van der Waals surface area contributed by atoms with Crippen molar-refractivity contribution in [1.29, 1.82) is 0 Å². The van der Waals surface area contributed by atoms with Crippen molar-refractivity contribution < 1.29 is 14.0 Å². The van der Waals surface area contributed by atoms with Crippen LogP contribution in [0.3, 0.4) is 0 Å². The molecule has 0 amide bonds. The Balaban J connectivity index is 3.45. The lowest BCUT2D eigenvalue weighted by molar-refractivity contribution is -0.140. The largest absolute Gasteiger partial charge is 0.466 e. The number of carbonyl (C=O) groups excluding carboxylic acids is 1. The lowest BCUT2D eigenvalue weighted by Gasteiger charge is -2.21. The summed E-state index contributed by atoms with van der Waals surface area (Å²) in [7, 11) is -1.47. The molecule has 0 rings (SSSR count). The molecule has 0 saturated heterocycles. The molecule has 0 N–H and O–H groups in total. The summed E-state index contributed by atoms with van der Waals surface area (Å²) in [5, 5.41) is 0. The van der Waals surface area contributed by atoms with Crippen molar-refractivity contribution in [3.63, 3.8) is 0 Å². The van der Waals surface area contributed by atoms with Crippen molar-refractivity contribution in [3.05, 3.63) is 0 Å². The molecule has 0 aliphatic carbocycles. The van der Waals surface area contributed by atoms with Crippen LogP contribution in [-0.4, -0.2) is 27.5 Å². The molecule has 0 heterocycles. The van der Waals surface area contributed by atoms with Crippen LogP contribution in [0.4, 0.5) is 0 Å². The van der Waals surface area contributed by atoms with E-state index >= 15 is 0 Å². The summed E-state index contributed by atoms with van der Waals surface area (Å²) in [6, 6.07) is 1.05. The van der Waals surface area contributed by atoms with Gasteiger partial charge in [0, 0.05) is 13.5 Å². The third-order valence-electron chi connectivity index (χ3n) is 1.76. The molecule has 0 atom stereocenters. The minimum atomic E-state index is -1.47. The fourth-order valence-corrected chi connectivity index (χ4v) is 3.10. The van der Waals surface area contributed by atoms with E-state index < -0.39 is 8.32 Å². The van der Waals surface area contributed by atoms with Gasteiger partial charge in [-0.25, -0.2) is 0 Å². The summed E-state index contributed by atoms with van der Waals surface area (Å²) in [5.74, 6) is -0.198. The van der Waals surface area contributed by atoms with Gasteiger partial charge >= 0.3 is 5.97 Å². The van der Waals surface area contributed by atoms with Crippen LogP contribution < -0.4 is 0 Å². The van der Waals surface area contributed by atoms with E-state index in [9.17, 15) is 4.79 Å². The average molecular weight is 204 g/mol. The summed E-state index contributed by atoms with van der Waals surface area (Å²) in [6.07, 6.45) is 0.915. The lowest BCUT2D eigenvalue weighted by Crippen LogP contribution is -2.30. The van der Waals surface area contributed by atoms with Crippen molar-refractivity contribution in [1.82, 2.24) is 0 Å². The second-order valence-electron chi connectivity index (χ2n) is 3.64. The minimum absolute atomic E-state index is 0.198. The highest BCUT2D eigenvalue weighted by atomic mass is 28.4. The summed E-state index contributed by atoms with van der Waals surface area (Å²) >= 11 is 0. The lowest BCUT2D eigenvalue weighted by atomic mass is 10.5. The van der Waals surface area contributed by atoms with Crippen molar-refractivity contribution in [3.8, 4) is 0 Å². The Kier molecular flexibility index (Phi) is 5.99. The normalized spacial score (nSPS) is 11.4. The maximum atomic E-state index is 10.5. The van der Waals surface area contributed by atoms with E-state index in [0.29, 0.717) is 6.61 Å². The second kappa shape index (κ2) is 6.15. The monoisotopic (exact) mass is 204 g/mol. The zero-order valence-corrected chi connectivity index (χ0v) is 10.1. The molecule has 0 unspecified atom stereocenters. The van der Waals surface area contributed by atoms with E-state index in [4.69, 9.17) is 9.16 Å². The number of carbonyl (C=O) groups is 1. The Morgan fingerprint density at radius 3 is 2.46 bits per heavy atom. The van der Waals surface area contributed by atoms with Crippen molar-refractivity contribution in [2.45, 2.75) is 39.4 Å². The Labute approximate surface area is 81.6 Å². The maximum absolute atomic E-state index is 10.5. The quantitative estimate of drug-likeness (QED) is 0.378. The molecule has 0 saturated carbocycles. The zero-order valence-electron chi connectivity index (χ0n) is 9.05. The molecule has 0 fully saturated rings. The van der Waals surface area contributed by atoms with E-state index in [1.807, 2.05) is 6.92 Å². The van der Waals surface area contributed by atoms with Crippen LogP contribution >= 0.6 is 0 Å². The van der Waals surface area contributed by atoms with Gasteiger partial charge in [0.2, 0.25) is 0 Å². The Hall–Kier alpha value is -0.353. The van der Waals surface area contributed by atoms with Crippen LogP contribution in [0.5, 0.6) is 0 Å². The van der Waals surface area contributed by atoms with E-state index in [-0.39, 0.29) is 5.97 Å². The van der Waals surface area contributed by atoms with Crippen LogP contribution in [0.15, 0.2) is 0 Å². The second-order valence-corrected chi connectivity index (χ2v) is 7.94. The number of ether oxygens (including phenoxy) is 1. The smallest absolute Gasteiger partial charge is 0.302 e. The first-order chi connectivity index (χ1) is 5.98. The van der Waals surface area contributed by atoms with Gasteiger partial charge in [-0.3, -0.25) is 4.79 Å². The van der Waals surface area contributed by atoms with Crippen molar-refractivity contribution in [2.24, 2.45) is 0 Å². The molecule has 0 bridgehead atoms. The molecular weight excluding hydrogens is 184 g/mol. The third kappa shape index (κ3) is 7.99. The first-order valence-electron chi connectivity index (χ1n) is 4.75. The SMILES string of the molecule is CCO[Si](C)(C)CCCOC(C)=O. The summed E-state index contributed by atoms with van der Waals surface area (Å²) in [4.78, 5) is 10.5. The highest BCUT2D eigenvalue weighted by Gasteiger charge is 2.20. The molecule has 13 heavy (non-hydrogen) atoms. The molecule has 78 valence electrons. The molecule has 0 aliphatic heterocycles. The molecule has 0 aliphatic rings. The fraction of sp³-hybridized carbons (Fsp3) is 0.889. The topological polar surface area (TPSA) is 35.5 Å². The Morgan fingerprint density at radius 2 is 2.00 bits per heavy atom. The van der Waals surface area contributed by atoms with E-state index in [1.54, 1.807) is 0 Å². The molecule has 0 aromatic rings.